The quantitative estimate of drug-likeness (QED) is 0.728. The minimum Gasteiger partial charge on any atom is -0.396 e. The second kappa shape index (κ2) is 7.09. The lowest BCUT2D eigenvalue weighted by Crippen LogP contribution is -2.56. The maximum Gasteiger partial charge on any atom is 0.141 e. The number of oxime groups is 1. The van der Waals surface area contributed by atoms with Gasteiger partial charge < -0.3 is 15.3 Å². The molecule has 4 aliphatic carbocycles. The SMILES string of the molecule is C[C@]12CCC3C(CC[C@H]4CC(=NO[C@H]5CCNC5)CC[C@]34CO)C1CCC2=O. The lowest BCUT2D eigenvalue weighted by Gasteiger charge is -2.60. The van der Waals surface area contributed by atoms with E-state index in [0.717, 1.165) is 64.5 Å². The van der Waals surface area contributed by atoms with Gasteiger partial charge in [0, 0.05) is 36.8 Å². The van der Waals surface area contributed by atoms with Gasteiger partial charge in [-0.05, 0) is 81.6 Å². The fourth-order valence-corrected chi connectivity index (χ4v) is 7.89. The first kappa shape index (κ1) is 19.0. The van der Waals surface area contributed by atoms with Crippen molar-refractivity contribution in [1.29, 1.82) is 0 Å². The molecule has 5 rings (SSSR count). The van der Waals surface area contributed by atoms with Gasteiger partial charge >= 0.3 is 0 Å². The van der Waals surface area contributed by atoms with Crippen LogP contribution >= 0.6 is 0 Å². The van der Waals surface area contributed by atoms with Crippen molar-refractivity contribution in [2.24, 2.45) is 39.7 Å². The van der Waals surface area contributed by atoms with Crippen molar-refractivity contribution in [3.63, 3.8) is 0 Å². The van der Waals surface area contributed by atoms with Crippen LogP contribution < -0.4 is 5.32 Å². The highest BCUT2D eigenvalue weighted by molar-refractivity contribution is 5.87. The average Bonchev–Trinajstić information content (AvgIpc) is 3.34. The van der Waals surface area contributed by atoms with Crippen LogP contribution in [0.4, 0.5) is 0 Å². The molecule has 0 amide bonds. The zero-order valence-electron chi connectivity index (χ0n) is 17.3. The molecule has 2 N–H and O–H groups in total. The van der Waals surface area contributed by atoms with Crippen LogP contribution in [0.1, 0.15) is 71.1 Å². The predicted molar refractivity (Wildman–Crippen MR) is 108 cm³/mol. The molecule has 5 aliphatic rings. The van der Waals surface area contributed by atoms with Crippen LogP contribution in [0.25, 0.3) is 0 Å². The van der Waals surface area contributed by atoms with Crippen LogP contribution in [0.3, 0.4) is 0 Å². The summed E-state index contributed by atoms with van der Waals surface area (Å²) in [6.07, 6.45) is 10.7. The number of aliphatic hydroxyl groups excluding tert-OH is 1. The summed E-state index contributed by atoms with van der Waals surface area (Å²) in [6.45, 7) is 4.47. The monoisotopic (exact) mass is 388 g/mol. The molecule has 0 radical (unpaired) electrons. The van der Waals surface area contributed by atoms with Gasteiger partial charge in [0.05, 0.1) is 5.71 Å². The van der Waals surface area contributed by atoms with Gasteiger partial charge in [0.25, 0.3) is 0 Å². The third kappa shape index (κ3) is 2.79. The summed E-state index contributed by atoms with van der Waals surface area (Å²) in [7, 11) is 0. The molecule has 5 heteroatoms. The number of fused-ring (bicyclic) bond motifs is 5. The highest BCUT2D eigenvalue weighted by atomic mass is 16.6. The van der Waals surface area contributed by atoms with Crippen molar-refractivity contribution in [1.82, 2.24) is 5.32 Å². The molecule has 4 saturated carbocycles. The fourth-order valence-electron chi connectivity index (χ4n) is 7.89. The Morgan fingerprint density at radius 1 is 1.14 bits per heavy atom. The number of aliphatic hydroxyl groups is 1. The van der Waals surface area contributed by atoms with E-state index in [0.29, 0.717) is 36.1 Å². The topological polar surface area (TPSA) is 70.9 Å². The average molecular weight is 389 g/mol. The molecule has 0 aromatic carbocycles. The Labute approximate surface area is 168 Å². The molecule has 0 aromatic heterocycles. The molecule has 156 valence electrons. The molecule has 1 heterocycles. The number of Topliss-reactive ketones (excluding diaryl/α,β-unsaturated/α-hetero) is 1. The van der Waals surface area contributed by atoms with E-state index < -0.39 is 0 Å². The summed E-state index contributed by atoms with van der Waals surface area (Å²) in [6, 6.07) is 0. The van der Waals surface area contributed by atoms with Crippen molar-refractivity contribution >= 4 is 11.5 Å². The van der Waals surface area contributed by atoms with Crippen molar-refractivity contribution < 1.29 is 14.7 Å². The molecule has 1 aliphatic heterocycles. The van der Waals surface area contributed by atoms with Gasteiger partial charge in [-0.2, -0.15) is 0 Å². The first-order chi connectivity index (χ1) is 13.6. The lowest BCUT2D eigenvalue weighted by atomic mass is 9.45. The minimum atomic E-state index is -0.0743. The Morgan fingerprint density at radius 3 is 2.82 bits per heavy atom. The second-order valence-corrected chi connectivity index (χ2v) is 10.5. The van der Waals surface area contributed by atoms with E-state index in [2.05, 4.69) is 17.4 Å². The molecule has 5 fully saturated rings. The second-order valence-electron chi connectivity index (χ2n) is 10.5. The number of carbonyl (C=O) groups is 1. The van der Waals surface area contributed by atoms with E-state index in [1.807, 2.05) is 0 Å². The normalized spacial score (nSPS) is 49.6. The molecular weight excluding hydrogens is 352 g/mol. The first-order valence-corrected chi connectivity index (χ1v) is 11.6. The molecule has 1 saturated heterocycles. The molecule has 7 atom stereocenters. The Bertz CT molecular complexity index is 658. The van der Waals surface area contributed by atoms with E-state index in [4.69, 9.17) is 4.84 Å². The standard InChI is InChI=1S/C23H36N2O3/c1-22-9-7-20-18(19(22)4-5-21(22)27)3-2-15-12-16(6-10-23(15,20)14-26)25-28-17-8-11-24-13-17/h15,17-20,24,26H,2-14H2,1H3/t15-,17-,18?,19?,20?,22-,23+/m0/s1. The van der Waals surface area contributed by atoms with Gasteiger partial charge in [-0.15, -0.1) is 0 Å². The Balaban J connectivity index is 1.33. The van der Waals surface area contributed by atoms with Gasteiger partial charge in [-0.3, -0.25) is 4.79 Å². The van der Waals surface area contributed by atoms with Gasteiger partial charge in [0.15, 0.2) is 0 Å². The van der Waals surface area contributed by atoms with Crippen LogP contribution in [0.5, 0.6) is 0 Å². The number of nitrogens with one attached hydrogen (secondary N) is 1. The highest BCUT2D eigenvalue weighted by Crippen LogP contribution is 2.65. The summed E-state index contributed by atoms with van der Waals surface area (Å²) in [4.78, 5) is 18.4. The molecule has 0 spiro atoms. The van der Waals surface area contributed by atoms with Crippen LogP contribution in [0, 0.1) is 34.5 Å². The Kier molecular flexibility index (Phi) is 4.82. The predicted octanol–water partition coefficient (Wildman–Crippen LogP) is 3.31. The van der Waals surface area contributed by atoms with E-state index in [1.54, 1.807) is 0 Å². The van der Waals surface area contributed by atoms with Gasteiger partial charge in [-0.25, -0.2) is 0 Å². The molecule has 28 heavy (non-hydrogen) atoms. The molecule has 0 bridgehead atoms. The molecule has 3 unspecified atom stereocenters. The molecule has 0 aromatic rings. The number of hydrogen-bond donors (Lipinski definition) is 2. The fraction of sp³-hybridized carbons (Fsp3) is 0.913. The third-order valence-electron chi connectivity index (χ3n) is 9.55. The summed E-state index contributed by atoms with van der Waals surface area (Å²) < 4.78 is 0. The number of carbonyl (C=O) groups excluding carboxylic acids is 1. The van der Waals surface area contributed by atoms with Crippen LogP contribution in [0.2, 0.25) is 0 Å². The van der Waals surface area contributed by atoms with Crippen molar-refractivity contribution in [3.8, 4) is 0 Å². The van der Waals surface area contributed by atoms with Crippen molar-refractivity contribution in [2.45, 2.75) is 77.2 Å². The van der Waals surface area contributed by atoms with Gasteiger partial charge in [0.2, 0.25) is 0 Å². The first-order valence-electron chi connectivity index (χ1n) is 11.6. The Hall–Kier alpha value is -0.940. The van der Waals surface area contributed by atoms with Crippen LogP contribution in [-0.2, 0) is 9.63 Å². The zero-order chi connectivity index (χ0) is 19.4. The highest BCUT2D eigenvalue weighted by Gasteiger charge is 2.61. The maximum atomic E-state index is 12.6. The third-order valence-corrected chi connectivity index (χ3v) is 9.55. The minimum absolute atomic E-state index is 0.0455. The number of hydrogen-bond acceptors (Lipinski definition) is 5. The summed E-state index contributed by atoms with van der Waals surface area (Å²) in [5.41, 5.74) is 1.18. The van der Waals surface area contributed by atoms with E-state index in [1.165, 1.54) is 18.6 Å². The number of rotatable bonds is 3. The van der Waals surface area contributed by atoms with E-state index in [9.17, 15) is 9.90 Å². The van der Waals surface area contributed by atoms with Crippen LogP contribution in [0.15, 0.2) is 5.16 Å². The van der Waals surface area contributed by atoms with Gasteiger partial charge in [0.1, 0.15) is 11.9 Å². The van der Waals surface area contributed by atoms with E-state index >= 15 is 0 Å². The van der Waals surface area contributed by atoms with Crippen LogP contribution in [-0.4, -0.2) is 42.4 Å². The largest absolute Gasteiger partial charge is 0.396 e. The molecular formula is C23H36N2O3. The Morgan fingerprint density at radius 2 is 2.04 bits per heavy atom. The summed E-state index contributed by atoms with van der Waals surface area (Å²) in [5.74, 6) is 2.80. The van der Waals surface area contributed by atoms with Crippen molar-refractivity contribution in [3.05, 3.63) is 0 Å². The summed E-state index contributed by atoms with van der Waals surface area (Å²) in [5, 5.41) is 18.5. The van der Waals surface area contributed by atoms with Crippen molar-refractivity contribution in [2.75, 3.05) is 19.7 Å². The number of nitrogens with zero attached hydrogens (tertiary/aromatic N) is 1. The summed E-state index contributed by atoms with van der Waals surface area (Å²) >= 11 is 0. The van der Waals surface area contributed by atoms with E-state index in [-0.39, 0.29) is 16.9 Å². The number of ketones is 1. The zero-order valence-corrected chi connectivity index (χ0v) is 17.3. The lowest BCUT2D eigenvalue weighted by molar-refractivity contribution is -0.143. The molecule has 5 nitrogen and oxygen atoms in total. The smallest absolute Gasteiger partial charge is 0.141 e. The maximum absolute atomic E-state index is 12.6. The van der Waals surface area contributed by atoms with Gasteiger partial charge in [-0.1, -0.05) is 12.1 Å².